The van der Waals surface area contributed by atoms with Crippen molar-refractivity contribution >= 4 is 32.8 Å². The first kappa shape index (κ1) is 10.9. The van der Waals surface area contributed by atoms with Crippen LogP contribution in [0.3, 0.4) is 0 Å². The lowest BCUT2D eigenvalue weighted by atomic mass is 10.2. The average Bonchev–Trinajstić information content (AvgIpc) is 2.40. The van der Waals surface area contributed by atoms with Crippen LogP contribution in [0.1, 0.15) is 0 Å². The SMILES string of the molecule is Brc1cccc2nc(N3CCNCC3)ncc12. The van der Waals surface area contributed by atoms with Gasteiger partial charge in [0.05, 0.1) is 5.52 Å². The van der Waals surface area contributed by atoms with Gasteiger partial charge in [0, 0.05) is 42.2 Å². The second kappa shape index (κ2) is 4.58. The average molecular weight is 293 g/mol. The molecule has 1 N–H and O–H groups in total. The minimum atomic E-state index is 0.831. The zero-order chi connectivity index (χ0) is 11.7. The van der Waals surface area contributed by atoms with Crippen molar-refractivity contribution in [1.82, 2.24) is 15.3 Å². The maximum atomic E-state index is 4.62. The summed E-state index contributed by atoms with van der Waals surface area (Å²) in [7, 11) is 0. The highest BCUT2D eigenvalue weighted by Gasteiger charge is 2.13. The van der Waals surface area contributed by atoms with Crippen LogP contribution in [0, 0.1) is 0 Å². The topological polar surface area (TPSA) is 41.1 Å². The molecule has 2 aromatic rings. The first-order valence-electron chi connectivity index (χ1n) is 5.71. The number of hydrogen-bond donors (Lipinski definition) is 1. The Labute approximate surface area is 108 Å². The molecule has 0 amide bonds. The third kappa shape index (κ3) is 2.12. The first-order valence-corrected chi connectivity index (χ1v) is 6.51. The monoisotopic (exact) mass is 292 g/mol. The number of piperazine rings is 1. The molecule has 0 radical (unpaired) electrons. The minimum absolute atomic E-state index is 0.831. The van der Waals surface area contributed by atoms with Gasteiger partial charge in [-0.15, -0.1) is 0 Å². The largest absolute Gasteiger partial charge is 0.338 e. The number of halogens is 1. The Bertz CT molecular complexity index is 537. The standard InChI is InChI=1S/C12H13BrN4/c13-10-2-1-3-11-9(10)8-15-12(16-11)17-6-4-14-5-7-17/h1-3,8,14H,4-7H2. The number of benzene rings is 1. The third-order valence-corrected chi connectivity index (χ3v) is 3.65. The normalized spacial score (nSPS) is 16.4. The van der Waals surface area contributed by atoms with E-state index in [2.05, 4.69) is 36.1 Å². The van der Waals surface area contributed by atoms with Crippen LogP contribution < -0.4 is 10.2 Å². The van der Waals surface area contributed by atoms with Gasteiger partial charge in [-0.1, -0.05) is 22.0 Å². The van der Waals surface area contributed by atoms with Crippen LogP contribution in [-0.2, 0) is 0 Å². The van der Waals surface area contributed by atoms with Crippen molar-refractivity contribution in [3.05, 3.63) is 28.9 Å². The van der Waals surface area contributed by atoms with Crippen molar-refractivity contribution in [3.8, 4) is 0 Å². The summed E-state index contributed by atoms with van der Waals surface area (Å²) in [5.41, 5.74) is 0.989. The Balaban J connectivity index is 2.01. The highest BCUT2D eigenvalue weighted by molar-refractivity contribution is 9.10. The molecule has 0 aliphatic carbocycles. The molecule has 1 aromatic heterocycles. The highest BCUT2D eigenvalue weighted by atomic mass is 79.9. The molecule has 0 unspecified atom stereocenters. The summed E-state index contributed by atoms with van der Waals surface area (Å²) >= 11 is 3.51. The molecular weight excluding hydrogens is 280 g/mol. The number of nitrogens with one attached hydrogen (secondary N) is 1. The predicted octanol–water partition coefficient (Wildman–Crippen LogP) is 1.80. The lowest BCUT2D eigenvalue weighted by Crippen LogP contribution is -2.44. The van der Waals surface area contributed by atoms with Crippen molar-refractivity contribution in [1.29, 1.82) is 0 Å². The van der Waals surface area contributed by atoms with Gasteiger partial charge in [-0.3, -0.25) is 0 Å². The van der Waals surface area contributed by atoms with E-state index < -0.39 is 0 Å². The minimum Gasteiger partial charge on any atom is -0.338 e. The lowest BCUT2D eigenvalue weighted by molar-refractivity contribution is 0.580. The Hall–Kier alpha value is -1.20. The van der Waals surface area contributed by atoms with Crippen LogP contribution in [0.5, 0.6) is 0 Å². The molecule has 1 saturated heterocycles. The smallest absolute Gasteiger partial charge is 0.225 e. The van der Waals surface area contributed by atoms with Gasteiger partial charge in [-0.05, 0) is 12.1 Å². The summed E-state index contributed by atoms with van der Waals surface area (Å²) in [4.78, 5) is 11.3. The molecule has 3 rings (SSSR count). The van der Waals surface area contributed by atoms with Crippen molar-refractivity contribution in [2.75, 3.05) is 31.1 Å². The zero-order valence-electron chi connectivity index (χ0n) is 9.36. The van der Waals surface area contributed by atoms with Crippen molar-refractivity contribution in [2.24, 2.45) is 0 Å². The van der Waals surface area contributed by atoms with Crippen molar-refractivity contribution < 1.29 is 0 Å². The van der Waals surface area contributed by atoms with Gasteiger partial charge in [0.1, 0.15) is 0 Å². The van der Waals surface area contributed by atoms with Crippen molar-refractivity contribution in [3.63, 3.8) is 0 Å². The van der Waals surface area contributed by atoms with Crippen molar-refractivity contribution in [2.45, 2.75) is 0 Å². The molecule has 0 bridgehead atoms. The van der Waals surface area contributed by atoms with Gasteiger partial charge in [0.25, 0.3) is 0 Å². The second-order valence-electron chi connectivity index (χ2n) is 4.08. The molecule has 1 aliphatic rings. The number of nitrogens with zero attached hydrogens (tertiary/aromatic N) is 3. The number of fused-ring (bicyclic) bond motifs is 1. The summed E-state index contributed by atoms with van der Waals surface area (Å²) < 4.78 is 1.04. The van der Waals surface area contributed by atoms with Gasteiger partial charge in [-0.2, -0.15) is 0 Å². The molecule has 0 spiro atoms. The van der Waals surface area contributed by atoms with Crippen LogP contribution in [0.15, 0.2) is 28.9 Å². The quantitative estimate of drug-likeness (QED) is 0.870. The van der Waals surface area contributed by atoms with Gasteiger partial charge >= 0.3 is 0 Å². The van der Waals surface area contributed by atoms with E-state index in [9.17, 15) is 0 Å². The molecular formula is C12H13BrN4. The maximum Gasteiger partial charge on any atom is 0.225 e. The Kier molecular flexibility index (Phi) is 2.94. The lowest BCUT2D eigenvalue weighted by Gasteiger charge is -2.27. The van der Waals surface area contributed by atoms with E-state index in [1.54, 1.807) is 0 Å². The zero-order valence-corrected chi connectivity index (χ0v) is 10.9. The summed E-state index contributed by atoms with van der Waals surface area (Å²) in [5.74, 6) is 0.831. The molecule has 1 aromatic carbocycles. The van der Waals surface area contributed by atoms with Gasteiger partial charge in [0.15, 0.2) is 0 Å². The van der Waals surface area contributed by atoms with Crippen LogP contribution >= 0.6 is 15.9 Å². The molecule has 2 heterocycles. The van der Waals surface area contributed by atoms with E-state index in [0.29, 0.717) is 0 Å². The van der Waals surface area contributed by atoms with E-state index in [1.165, 1.54) is 0 Å². The number of rotatable bonds is 1. The molecule has 0 saturated carbocycles. The molecule has 1 aliphatic heterocycles. The molecule has 17 heavy (non-hydrogen) atoms. The number of hydrogen-bond acceptors (Lipinski definition) is 4. The maximum absolute atomic E-state index is 4.62. The van der Waals surface area contributed by atoms with Crippen LogP contribution in [0.25, 0.3) is 10.9 Å². The molecule has 5 heteroatoms. The summed E-state index contributed by atoms with van der Waals surface area (Å²) in [5, 5.41) is 4.39. The van der Waals surface area contributed by atoms with Crippen LogP contribution in [-0.4, -0.2) is 36.1 Å². The first-order chi connectivity index (χ1) is 8.34. The van der Waals surface area contributed by atoms with Gasteiger partial charge in [-0.25, -0.2) is 9.97 Å². The molecule has 4 nitrogen and oxygen atoms in total. The molecule has 88 valence electrons. The van der Waals surface area contributed by atoms with Gasteiger partial charge < -0.3 is 10.2 Å². The fourth-order valence-corrected chi connectivity index (χ4v) is 2.49. The van der Waals surface area contributed by atoms with E-state index in [0.717, 1.165) is 47.5 Å². The third-order valence-electron chi connectivity index (χ3n) is 2.96. The predicted molar refractivity (Wildman–Crippen MR) is 72.3 cm³/mol. The highest BCUT2D eigenvalue weighted by Crippen LogP contribution is 2.23. The summed E-state index contributed by atoms with van der Waals surface area (Å²) in [6, 6.07) is 6.03. The Morgan fingerprint density at radius 3 is 2.88 bits per heavy atom. The molecule has 1 fully saturated rings. The fraction of sp³-hybridized carbons (Fsp3) is 0.333. The second-order valence-corrected chi connectivity index (χ2v) is 4.93. The van der Waals surface area contributed by atoms with Crippen LogP contribution in [0.2, 0.25) is 0 Å². The Morgan fingerprint density at radius 1 is 1.24 bits per heavy atom. The summed E-state index contributed by atoms with van der Waals surface area (Å²) in [6.45, 7) is 3.94. The Morgan fingerprint density at radius 2 is 2.06 bits per heavy atom. The summed E-state index contributed by atoms with van der Waals surface area (Å²) in [6.07, 6.45) is 1.89. The fourth-order valence-electron chi connectivity index (χ4n) is 2.03. The van der Waals surface area contributed by atoms with E-state index >= 15 is 0 Å². The molecule has 0 atom stereocenters. The van der Waals surface area contributed by atoms with Gasteiger partial charge in [0.2, 0.25) is 5.95 Å². The number of aromatic nitrogens is 2. The van der Waals surface area contributed by atoms with Crippen LogP contribution in [0.4, 0.5) is 5.95 Å². The number of anilines is 1. The van der Waals surface area contributed by atoms with E-state index in [4.69, 9.17) is 0 Å². The van der Waals surface area contributed by atoms with E-state index in [-0.39, 0.29) is 0 Å². The van der Waals surface area contributed by atoms with E-state index in [1.807, 2.05) is 24.4 Å².